The van der Waals surface area contributed by atoms with Gasteiger partial charge in [0.15, 0.2) is 0 Å². The van der Waals surface area contributed by atoms with Crippen LogP contribution in [0.2, 0.25) is 0 Å². The second-order valence-corrected chi connectivity index (χ2v) is 7.42. The third-order valence-electron chi connectivity index (χ3n) is 3.82. The van der Waals surface area contributed by atoms with Gasteiger partial charge in [-0.25, -0.2) is 4.79 Å². The first-order valence-electron chi connectivity index (χ1n) is 8.15. The SMILES string of the molecule is CC(C)[C@H](N)C(=O)N[C@H]1CCCC[C@H]1NC(=O)OC(C)(C)C. The van der Waals surface area contributed by atoms with E-state index < -0.39 is 17.7 Å². The monoisotopic (exact) mass is 313 g/mol. The molecule has 6 nitrogen and oxygen atoms in total. The van der Waals surface area contributed by atoms with Crippen LogP contribution in [-0.4, -0.2) is 35.7 Å². The lowest BCUT2D eigenvalue weighted by Crippen LogP contribution is -2.57. The zero-order valence-corrected chi connectivity index (χ0v) is 14.4. The Hall–Kier alpha value is -1.30. The summed E-state index contributed by atoms with van der Waals surface area (Å²) in [5.74, 6) is -0.0706. The number of hydrogen-bond donors (Lipinski definition) is 3. The second kappa shape index (κ2) is 7.81. The molecule has 0 bridgehead atoms. The molecule has 0 unspecified atom stereocenters. The van der Waals surface area contributed by atoms with E-state index >= 15 is 0 Å². The average molecular weight is 313 g/mol. The predicted molar refractivity (Wildman–Crippen MR) is 86.4 cm³/mol. The van der Waals surface area contributed by atoms with E-state index in [1.807, 2.05) is 34.6 Å². The minimum atomic E-state index is -0.530. The van der Waals surface area contributed by atoms with Gasteiger partial charge in [-0.05, 0) is 39.5 Å². The molecular weight excluding hydrogens is 282 g/mol. The molecule has 0 saturated heterocycles. The molecule has 0 heterocycles. The van der Waals surface area contributed by atoms with Crippen LogP contribution in [0, 0.1) is 5.92 Å². The zero-order chi connectivity index (χ0) is 16.9. The van der Waals surface area contributed by atoms with Crippen LogP contribution >= 0.6 is 0 Å². The van der Waals surface area contributed by atoms with Crippen molar-refractivity contribution in [3.05, 3.63) is 0 Å². The number of carbonyl (C=O) groups is 2. The maximum absolute atomic E-state index is 12.1. The van der Waals surface area contributed by atoms with Gasteiger partial charge in [-0.2, -0.15) is 0 Å². The van der Waals surface area contributed by atoms with Gasteiger partial charge in [0.2, 0.25) is 5.91 Å². The first kappa shape index (κ1) is 18.7. The molecule has 3 atom stereocenters. The molecule has 22 heavy (non-hydrogen) atoms. The zero-order valence-electron chi connectivity index (χ0n) is 14.4. The standard InChI is InChI=1S/C16H31N3O3/c1-10(2)13(17)14(20)18-11-8-6-7-9-12(11)19-15(21)22-16(3,4)5/h10-13H,6-9,17H2,1-5H3,(H,18,20)(H,19,21)/t11-,12+,13-/m0/s1. The lowest BCUT2D eigenvalue weighted by molar-refractivity contribution is -0.124. The molecule has 0 spiro atoms. The highest BCUT2D eigenvalue weighted by Crippen LogP contribution is 2.19. The van der Waals surface area contributed by atoms with Crippen molar-refractivity contribution in [2.24, 2.45) is 11.7 Å². The summed E-state index contributed by atoms with van der Waals surface area (Å²) in [5, 5.41) is 5.87. The quantitative estimate of drug-likeness (QED) is 0.739. The minimum absolute atomic E-state index is 0.0841. The highest BCUT2D eigenvalue weighted by atomic mass is 16.6. The van der Waals surface area contributed by atoms with Crippen molar-refractivity contribution in [2.75, 3.05) is 0 Å². The van der Waals surface area contributed by atoms with Crippen LogP contribution < -0.4 is 16.4 Å². The van der Waals surface area contributed by atoms with Gasteiger partial charge in [0.25, 0.3) is 0 Å². The Morgan fingerprint density at radius 2 is 1.59 bits per heavy atom. The van der Waals surface area contributed by atoms with Crippen molar-refractivity contribution in [3.8, 4) is 0 Å². The highest BCUT2D eigenvalue weighted by molar-refractivity contribution is 5.82. The summed E-state index contributed by atoms with van der Waals surface area (Å²) >= 11 is 0. The molecule has 1 fully saturated rings. The van der Waals surface area contributed by atoms with E-state index in [-0.39, 0.29) is 23.9 Å². The highest BCUT2D eigenvalue weighted by Gasteiger charge is 2.31. The minimum Gasteiger partial charge on any atom is -0.444 e. The number of nitrogens with one attached hydrogen (secondary N) is 2. The first-order chi connectivity index (χ1) is 10.1. The lowest BCUT2D eigenvalue weighted by Gasteiger charge is -2.34. The van der Waals surface area contributed by atoms with Crippen molar-refractivity contribution in [1.82, 2.24) is 10.6 Å². The van der Waals surface area contributed by atoms with Crippen molar-refractivity contribution in [3.63, 3.8) is 0 Å². The van der Waals surface area contributed by atoms with Crippen LogP contribution in [0.3, 0.4) is 0 Å². The lowest BCUT2D eigenvalue weighted by atomic mass is 9.90. The fraction of sp³-hybridized carbons (Fsp3) is 0.875. The van der Waals surface area contributed by atoms with Gasteiger partial charge in [0.1, 0.15) is 5.60 Å². The molecule has 0 radical (unpaired) electrons. The predicted octanol–water partition coefficient (Wildman–Crippen LogP) is 1.92. The molecule has 1 aliphatic rings. The normalized spacial score (nSPS) is 23.8. The molecule has 1 saturated carbocycles. The third-order valence-corrected chi connectivity index (χ3v) is 3.82. The van der Waals surface area contributed by atoms with E-state index in [1.165, 1.54) is 0 Å². The molecule has 128 valence electrons. The second-order valence-electron chi connectivity index (χ2n) is 7.42. The Labute approximate surface area is 133 Å². The Morgan fingerprint density at radius 1 is 1.09 bits per heavy atom. The Balaban J connectivity index is 2.60. The maximum Gasteiger partial charge on any atom is 0.407 e. The van der Waals surface area contributed by atoms with Crippen LogP contribution in [0.25, 0.3) is 0 Å². The van der Waals surface area contributed by atoms with Crippen LogP contribution in [0.4, 0.5) is 4.79 Å². The third kappa shape index (κ3) is 6.22. The number of hydrogen-bond acceptors (Lipinski definition) is 4. The summed E-state index contributed by atoms with van der Waals surface area (Å²) in [6, 6.07) is -0.713. The number of alkyl carbamates (subject to hydrolysis) is 1. The molecule has 4 N–H and O–H groups in total. The van der Waals surface area contributed by atoms with Gasteiger partial charge in [0.05, 0.1) is 12.1 Å². The first-order valence-corrected chi connectivity index (χ1v) is 8.15. The molecule has 2 amide bonds. The van der Waals surface area contributed by atoms with Crippen LogP contribution in [0.1, 0.15) is 60.3 Å². The van der Waals surface area contributed by atoms with E-state index in [1.54, 1.807) is 0 Å². The Kier molecular flexibility index (Phi) is 6.66. The fourth-order valence-corrected chi connectivity index (χ4v) is 2.52. The van der Waals surface area contributed by atoms with Crippen molar-refractivity contribution >= 4 is 12.0 Å². The van der Waals surface area contributed by atoms with E-state index in [2.05, 4.69) is 10.6 Å². The Morgan fingerprint density at radius 3 is 2.05 bits per heavy atom. The van der Waals surface area contributed by atoms with Gasteiger partial charge in [-0.1, -0.05) is 26.7 Å². The van der Waals surface area contributed by atoms with Crippen molar-refractivity contribution < 1.29 is 14.3 Å². The molecule has 0 aromatic rings. The fourth-order valence-electron chi connectivity index (χ4n) is 2.52. The molecule has 0 aromatic heterocycles. The molecule has 1 aliphatic carbocycles. The van der Waals surface area contributed by atoms with E-state index in [4.69, 9.17) is 10.5 Å². The molecule has 0 aromatic carbocycles. The maximum atomic E-state index is 12.1. The summed E-state index contributed by atoms with van der Waals surface area (Å²) < 4.78 is 5.29. The summed E-state index contributed by atoms with van der Waals surface area (Å²) in [5.41, 5.74) is 5.35. The summed E-state index contributed by atoms with van der Waals surface area (Å²) in [6.45, 7) is 9.32. The smallest absolute Gasteiger partial charge is 0.407 e. The van der Waals surface area contributed by atoms with Crippen LogP contribution in [0.15, 0.2) is 0 Å². The van der Waals surface area contributed by atoms with E-state index in [0.717, 1.165) is 25.7 Å². The number of nitrogens with two attached hydrogens (primary N) is 1. The van der Waals surface area contributed by atoms with Gasteiger partial charge in [-0.15, -0.1) is 0 Å². The topological polar surface area (TPSA) is 93.5 Å². The molecule has 1 rings (SSSR count). The van der Waals surface area contributed by atoms with Crippen LogP contribution in [0.5, 0.6) is 0 Å². The number of carbonyl (C=O) groups excluding carboxylic acids is 2. The van der Waals surface area contributed by atoms with Gasteiger partial charge < -0.3 is 21.1 Å². The average Bonchev–Trinajstić information content (AvgIpc) is 2.37. The van der Waals surface area contributed by atoms with Gasteiger partial charge in [0, 0.05) is 6.04 Å². The number of amides is 2. The summed E-state index contributed by atoms with van der Waals surface area (Å²) in [7, 11) is 0. The molecule has 6 heteroatoms. The van der Waals surface area contributed by atoms with Gasteiger partial charge >= 0.3 is 6.09 Å². The van der Waals surface area contributed by atoms with Crippen molar-refractivity contribution in [2.45, 2.75) is 84.0 Å². The van der Waals surface area contributed by atoms with E-state index in [0.29, 0.717) is 0 Å². The van der Waals surface area contributed by atoms with E-state index in [9.17, 15) is 9.59 Å². The number of rotatable bonds is 4. The van der Waals surface area contributed by atoms with Crippen LogP contribution in [-0.2, 0) is 9.53 Å². The summed E-state index contributed by atoms with van der Waals surface area (Å²) in [4.78, 5) is 24.1. The molecule has 0 aliphatic heterocycles. The number of ether oxygens (including phenoxy) is 1. The Bertz CT molecular complexity index is 391. The molecular formula is C16H31N3O3. The summed E-state index contributed by atoms with van der Waals surface area (Å²) in [6.07, 6.45) is 3.31. The van der Waals surface area contributed by atoms with Gasteiger partial charge in [-0.3, -0.25) is 4.79 Å². The largest absolute Gasteiger partial charge is 0.444 e. The van der Waals surface area contributed by atoms with Crippen molar-refractivity contribution in [1.29, 1.82) is 0 Å².